The summed E-state index contributed by atoms with van der Waals surface area (Å²) >= 11 is 0. The first-order valence-corrected chi connectivity index (χ1v) is 6.54. The molecule has 0 saturated heterocycles. The van der Waals surface area contributed by atoms with Gasteiger partial charge in [-0.25, -0.2) is 9.97 Å². The second-order valence-electron chi connectivity index (χ2n) is 4.87. The van der Waals surface area contributed by atoms with Crippen molar-refractivity contribution < 1.29 is 5.11 Å². The van der Waals surface area contributed by atoms with E-state index in [1.165, 1.54) is 6.33 Å². The maximum absolute atomic E-state index is 9.70. The lowest BCUT2D eigenvalue weighted by atomic mass is 10.1. The van der Waals surface area contributed by atoms with Gasteiger partial charge in [0.25, 0.3) is 0 Å². The van der Waals surface area contributed by atoms with Crippen molar-refractivity contribution in [2.45, 2.75) is 0 Å². The highest BCUT2D eigenvalue weighted by Gasteiger charge is 2.17. The summed E-state index contributed by atoms with van der Waals surface area (Å²) in [5, 5.41) is 10.5. The Kier molecular flexibility index (Phi) is 2.35. The van der Waals surface area contributed by atoms with Gasteiger partial charge in [0.05, 0.1) is 5.39 Å². The van der Waals surface area contributed by atoms with E-state index in [9.17, 15) is 5.11 Å². The van der Waals surface area contributed by atoms with Crippen molar-refractivity contribution in [1.29, 1.82) is 0 Å². The summed E-state index contributed by atoms with van der Waals surface area (Å²) in [4.78, 5) is 8.43. The minimum atomic E-state index is 0.214. The standard InChI is InChI=1S/C16H12N4O/c17-15-14-13(10-3-1-6-12(21)7-10)8-20(11-4-2-5-11)16(14)19-9-18-15/h1-9,21H,(H2,17,18,19). The molecule has 0 saturated carbocycles. The van der Waals surface area contributed by atoms with Crippen LogP contribution in [-0.4, -0.2) is 19.6 Å². The summed E-state index contributed by atoms with van der Waals surface area (Å²) in [6.45, 7) is 0. The van der Waals surface area contributed by atoms with Crippen molar-refractivity contribution in [3.05, 3.63) is 55.0 Å². The molecule has 21 heavy (non-hydrogen) atoms. The Morgan fingerprint density at radius 3 is 2.76 bits per heavy atom. The Morgan fingerprint density at radius 1 is 1.19 bits per heavy atom. The molecule has 3 N–H and O–H groups in total. The Bertz CT molecular complexity index is 921. The van der Waals surface area contributed by atoms with Gasteiger partial charge in [0.2, 0.25) is 0 Å². The number of phenolic OH excluding ortho intramolecular Hbond substituents is 1. The van der Waals surface area contributed by atoms with Crippen LogP contribution < -0.4 is 5.73 Å². The zero-order valence-electron chi connectivity index (χ0n) is 11.1. The third-order valence-corrected chi connectivity index (χ3v) is 3.58. The van der Waals surface area contributed by atoms with E-state index in [2.05, 4.69) is 9.97 Å². The average molecular weight is 276 g/mol. The number of hydrogen-bond donors (Lipinski definition) is 2. The molecule has 1 aliphatic carbocycles. The highest BCUT2D eigenvalue weighted by Crippen LogP contribution is 2.36. The van der Waals surface area contributed by atoms with Gasteiger partial charge >= 0.3 is 0 Å². The summed E-state index contributed by atoms with van der Waals surface area (Å²) in [7, 11) is 0. The van der Waals surface area contributed by atoms with Gasteiger partial charge in [-0.15, -0.1) is 0 Å². The van der Waals surface area contributed by atoms with Crippen molar-refractivity contribution in [2.75, 3.05) is 5.73 Å². The van der Waals surface area contributed by atoms with Crippen LogP contribution >= 0.6 is 0 Å². The second-order valence-corrected chi connectivity index (χ2v) is 4.87. The molecule has 0 spiro atoms. The molecule has 102 valence electrons. The van der Waals surface area contributed by atoms with Crippen LogP contribution in [0.4, 0.5) is 5.82 Å². The highest BCUT2D eigenvalue weighted by molar-refractivity contribution is 6.02. The predicted octanol–water partition coefficient (Wildman–Crippen LogP) is 2.80. The maximum atomic E-state index is 9.70. The van der Waals surface area contributed by atoms with Gasteiger partial charge in [-0.05, 0) is 29.8 Å². The van der Waals surface area contributed by atoms with Gasteiger partial charge in [0.1, 0.15) is 17.9 Å². The van der Waals surface area contributed by atoms with Crippen LogP contribution in [0.25, 0.3) is 27.9 Å². The lowest BCUT2D eigenvalue weighted by molar-refractivity contribution is 0.475. The molecule has 1 aromatic carbocycles. The van der Waals surface area contributed by atoms with Crippen molar-refractivity contribution in [3.8, 4) is 16.9 Å². The summed E-state index contributed by atoms with van der Waals surface area (Å²) in [5.41, 5.74) is 9.63. The number of aromatic nitrogens is 3. The Morgan fingerprint density at radius 2 is 2.05 bits per heavy atom. The number of phenols is 1. The summed E-state index contributed by atoms with van der Waals surface area (Å²) < 4.78 is 1.98. The predicted molar refractivity (Wildman–Crippen MR) is 82.5 cm³/mol. The normalized spacial score (nSPS) is 13.2. The average Bonchev–Trinajstić information content (AvgIpc) is 2.78. The van der Waals surface area contributed by atoms with E-state index in [0.29, 0.717) is 5.82 Å². The molecule has 0 unspecified atom stereocenters. The molecule has 4 rings (SSSR count). The third-order valence-electron chi connectivity index (χ3n) is 3.58. The van der Waals surface area contributed by atoms with E-state index in [-0.39, 0.29) is 5.75 Å². The fourth-order valence-corrected chi connectivity index (χ4v) is 2.52. The van der Waals surface area contributed by atoms with Crippen LogP contribution in [-0.2, 0) is 0 Å². The molecule has 5 nitrogen and oxygen atoms in total. The molecule has 0 atom stereocenters. The first-order valence-electron chi connectivity index (χ1n) is 6.54. The molecule has 1 aliphatic rings. The first kappa shape index (κ1) is 11.7. The zero-order chi connectivity index (χ0) is 14.4. The van der Waals surface area contributed by atoms with Crippen LogP contribution in [0.1, 0.15) is 0 Å². The number of allylic oxidation sites excluding steroid dienone is 4. The molecule has 0 amide bonds. The molecule has 0 fully saturated rings. The fourth-order valence-electron chi connectivity index (χ4n) is 2.52. The Hall–Kier alpha value is -3.08. The van der Waals surface area contributed by atoms with Crippen molar-refractivity contribution in [2.24, 2.45) is 0 Å². The number of anilines is 1. The van der Waals surface area contributed by atoms with Crippen molar-refractivity contribution >= 4 is 22.5 Å². The molecule has 0 bridgehead atoms. The number of nitrogens with zero attached hydrogens (tertiary/aromatic N) is 3. The quantitative estimate of drug-likeness (QED) is 0.754. The second kappa shape index (κ2) is 4.21. The molecular formula is C16H12N4O. The minimum Gasteiger partial charge on any atom is -0.508 e. The smallest absolute Gasteiger partial charge is 0.150 e. The van der Waals surface area contributed by atoms with Crippen molar-refractivity contribution in [3.63, 3.8) is 0 Å². The molecule has 2 heterocycles. The highest BCUT2D eigenvalue weighted by atomic mass is 16.3. The van der Waals surface area contributed by atoms with Gasteiger partial charge in [0.15, 0.2) is 5.65 Å². The number of nitrogens with two attached hydrogens (primary N) is 1. The number of rotatable bonds is 2. The van der Waals surface area contributed by atoms with E-state index < -0.39 is 0 Å². The minimum absolute atomic E-state index is 0.214. The molecule has 2 aromatic heterocycles. The number of hydrogen-bond acceptors (Lipinski definition) is 4. The molecule has 0 radical (unpaired) electrons. The Balaban J connectivity index is 2.05. The number of aromatic hydroxyl groups is 1. The molecular weight excluding hydrogens is 264 g/mol. The third kappa shape index (κ3) is 1.71. The van der Waals surface area contributed by atoms with E-state index in [1.54, 1.807) is 18.2 Å². The van der Waals surface area contributed by atoms with Gasteiger partial charge < -0.3 is 15.4 Å². The van der Waals surface area contributed by atoms with Gasteiger partial charge in [-0.3, -0.25) is 0 Å². The van der Waals surface area contributed by atoms with Gasteiger partial charge in [-0.2, -0.15) is 0 Å². The molecule has 5 heteroatoms. The molecule has 0 aliphatic heterocycles. The summed E-state index contributed by atoms with van der Waals surface area (Å²) in [6.07, 6.45) is 9.41. The van der Waals surface area contributed by atoms with E-state index in [0.717, 1.165) is 27.9 Å². The van der Waals surface area contributed by atoms with Gasteiger partial charge in [-0.1, -0.05) is 18.2 Å². The number of benzene rings is 1. The van der Waals surface area contributed by atoms with Crippen LogP contribution in [0.2, 0.25) is 0 Å². The van der Waals surface area contributed by atoms with Crippen LogP contribution in [0.15, 0.2) is 55.0 Å². The van der Waals surface area contributed by atoms with E-state index >= 15 is 0 Å². The summed E-state index contributed by atoms with van der Waals surface area (Å²) in [6, 6.07) is 7.07. The molecule has 3 aromatic rings. The Labute approximate surface area is 120 Å². The van der Waals surface area contributed by atoms with E-state index in [4.69, 9.17) is 5.73 Å². The SMILES string of the molecule is Nc1ncnc2c1c(-c1cccc(O)c1)cn2C1=CC=C1. The lowest BCUT2D eigenvalue weighted by Crippen LogP contribution is -1.99. The first-order chi connectivity index (χ1) is 10.2. The monoisotopic (exact) mass is 276 g/mol. The largest absolute Gasteiger partial charge is 0.508 e. The zero-order valence-corrected chi connectivity index (χ0v) is 11.1. The van der Waals surface area contributed by atoms with Crippen LogP contribution in [0.5, 0.6) is 5.75 Å². The van der Waals surface area contributed by atoms with Crippen LogP contribution in [0, 0.1) is 0 Å². The van der Waals surface area contributed by atoms with Crippen molar-refractivity contribution in [1.82, 2.24) is 14.5 Å². The number of nitrogen functional groups attached to an aromatic ring is 1. The fraction of sp³-hybridized carbons (Fsp3) is 0. The maximum Gasteiger partial charge on any atom is 0.150 e. The van der Waals surface area contributed by atoms with E-state index in [1.807, 2.05) is 35.1 Å². The lowest BCUT2D eigenvalue weighted by Gasteiger charge is -2.09. The number of fused-ring (bicyclic) bond motifs is 1. The topological polar surface area (TPSA) is 77.0 Å². The van der Waals surface area contributed by atoms with Crippen LogP contribution in [0.3, 0.4) is 0 Å². The summed E-state index contributed by atoms with van der Waals surface area (Å²) in [5.74, 6) is 0.646. The van der Waals surface area contributed by atoms with Gasteiger partial charge in [0, 0.05) is 17.5 Å².